The summed E-state index contributed by atoms with van der Waals surface area (Å²) in [7, 11) is 0. The molecule has 4 heteroatoms. The number of hydrogen-bond donors (Lipinski definition) is 0. The summed E-state index contributed by atoms with van der Waals surface area (Å²) < 4.78 is 0.875. The van der Waals surface area contributed by atoms with Crippen molar-refractivity contribution in [3.8, 4) is 0 Å². The van der Waals surface area contributed by atoms with Gasteiger partial charge in [0.2, 0.25) is 0 Å². The van der Waals surface area contributed by atoms with Crippen LogP contribution in [0.2, 0.25) is 0 Å². The summed E-state index contributed by atoms with van der Waals surface area (Å²) in [6.07, 6.45) is 1.12. The number of nitrogens with zero attached hydrogens (tertiary/aromatic N) is 2. The lowest BCUT2D eigenvalue weighted by Crippen LogP contribution is -2.61. The van der Waals surface area contributed by atoms with Crippen LogP contribution in [0.25, 0.3) is 0 Å². The highest BCUT2D eigenvalue weighted by molar-refractivity contribution is 9.10. The van der Waals surface area contributed by atoms with Crippen LogP contribution in [-0.4, -0.2) is 41.4 Å². The third-order valence-corrected chi connectivity index (χ3v) is 5.62. The molecule has 1 fully saturated rings. The molecule has 2 aliphatic heterocycles. The van der Waals surface area contributed by atoms with Crippen molar-refractivity contribution in [2.75, 3.05) is 19.6 Å². The zero-order valence-corrected chi connectivity index (χ0v) is 14.5. The van der Waals surface area contributed by atoms with E-state index in [-0.39, 0.29) is 5.91 Å². The number of fused-ring (bicyclic) bond motifs is 1. The predicted molar refractivity (Wildman–Crippen MR) is 94.4 cm³/mol. The fraction of sp³-hybridized carbons (Fsp3) is 0.316. The van der Waals surface area contributed by atoms with E-state index >= 15 is 0 Å². The van der Waals surface area contributed by atoms with E-state index in [4.69, 9.17) is 0 Å². The van der Waals surface area contributed by atoms with Crippen LogP contribution in [0.1, 0.15) is 21.5 Å². The maximum Gasteiger partial charge on any atom is 0.255 e. The van der Waals surface area contributed by atoms with Crippen molar-refractivity contribution < 1.29 is 4.79 Å². The van der Waals surface area contributed by atoms with E-state index in [9.17, 15) is 4.79 Å². The Labute approximate surface area is 145 Å². The number of carbonyl (C=O) groups excluding carboxylic acids is 1. The molecule has 0 radical (unpaired) electrons. The molecule has 0 N–H and O–H groups in total. The Balaban J connectivity index is 1.39. The minimum Gasteiger partial charge on any atom is -0.335 e. The summed E-state index contributed by atoms with van der Waals surface area (Å²) in [5.41, 5.74) is 3.67. The Morgan fingerprint density at radius 2 is 1.70 bits per heavy atom. The molecule has 0 bridgehead atoms. The molecule has 2 heterocycles. The number of hydrogen-bond acceptors (Lipinski definition) is 2. The Hall–Kier alpha value is -1.65. The molecule has 118 valence electrons. The minimum absolute atomic E-state index is 0.131. The zero-order valence-electron chi connectivity index (χ0n) is 12.9. The summed E-state index contributed by atoms with van der Waals surface area (Å²) >= 11 is 3.47. The van der Waals surface area contributed by atoms with Crippen LogP contribution >= 0.6 is 15.9 Å². The quantitative estimate of drug-likeness (QED) is 0.809. The first-order chi connectivity index (χ1) is 11.2. The van der Waals surface area contributed by atoms with E-state index < -0.39 is 0 Å². The minimum atomic E-state index is 0.131. The fourth-order valence-corrected chi connectivity index (χ4v) is 3.94. The van der Waals surface area contributed by atoms with Crippen LogP contribution in [-0.2, 0) is 13.0 Å². The van der Waals surface area contributed by atoms with Crippen LogP contribution < -0.4 is 0 Å². The average Bonchev–Trinajstić information content (AvgIpc) is 2.53. The predicted octanol–water partition coefficient (Wildman–Crippen LogP) is 3.33. The maximum absolute atomic E-state index is 12.6. The zero-order chi connectivity index (χ0) is 15.8. The van der Waals surface area contributed by atoms with Gasteiger partial charge in [-0.3, -0.25) is 9.69 Å². The van der Waals surface area contributed by atoms with Gasteiger partial charge >= 0.3 is 0 Å². The molecule has 0 atom stereocenters. The van der Waals surface area contributed by atoms with Crippen molar-refractivity contribution in [2.45, 2.75) is 19.0 Å². The lowest BCUT2D eigenvalue weighted by atomic mass is 9.96. The van der Waals surface area contributed by atoms with Gasteiger partial charge in [-0.2, -0.15) is 0 Å². The van der Waals surface area contributed by atoms with Gasteiger partial charge in [0.25, 0.3) is 5.91 Å². The summed E-state index contributed by atoms with van der Waals surface area (Å²) in [4.78, 5) is 17.0. The molecule has 0 spiro atoms. The van der Waals surface area contributed by atoms with E-state index in [0.717, 1.165) is 42.6 Å². The highest BCUT2D eigenvalue weighted by atomic mass is 79.9. The Morgan fingerprint density at radius 3 is 2.48 bits per heavy atom. The van der Waals surface area contributed by atoms with E-state index in [0.29, 0.717) is 6.04 Å². The second kappa shape index (κ2) is 6.10. The lowest BCUT2D eigenvalue weighted by molar-refractivity contribution is 0.0218. The van der Waals surface area contributed by atoms with Crippen LogP contribution in [0.3, 0.4) is 0 Å². The van der Waals surface area contributed by atoms with Gasteiger partial charge < -0.3 is 4.90 Å². The molecule has 0 saturated carbocycles. The largest absolute Gasteiger partial charge is 0.335 e. The number of halogens is 1. The number of likely N-dealkylation sites (tertiary alicyclic amines) is 1. The van der Waals surface area contributed by atoms with Crippen molar-refractivity contribution in [3.05, 3.63) is 69.7 Å². The van der Waals surface area contributed by atoms with Crippen molar-refractivity contribution in [3.63, 3.8) is 0 Å². The van der Waals surface area contributed by atoms with Crippen LogP contribution in [0, 0.1) is 0 Å². The molecule has 0 aliphatic carbocycles. The molecular formula is C19H19BrN2O. The standard InChI is InChI=1S/C19H19BrN2O/c20-18-8-4-3-7-17(18)19(23)22-12-16(13-22)21-10-9-14-5-1-2-6-15(14)11-21/h1-8,16H,9-13H2. The first kappa shape index (κ1) is 14.9. The SMILES string of the molecule is O=C(c1ccccc1Br)N1CC(N2CCc3ccccc3C2)C1. The van der Waals surface area contributed by atoms with Crippen molar-refractivity contribution in [2.24, 2.45) is 0 Å². The summed E-state index contributed by atoms with van der Waals surface area (Å²) in [6, 6.07) is 16.8. The molecule has 1 amide bonds. The Bertz CT molecular complexity index is 740. The number of benzene rings is 2. The molecule has 1 saturated heterocycles. The highest BCUT2D eigenvalue weighted by Crippen LogP contribution is 2.26. The first-order valence-electron chi connectivity index (χ1n) is 8.07. The molecule has 2 aliphatic rings. The van der Waals surface area contributed by atoms with Crippen molar-refractivity contribution in [1.82, 2.24) is 9.80 Å². The van der Waals surface area contributed by atoms with Gasteiger partial charge in [0.05, 0.1) is 5.56 Å². The normalized spacial score (nSPS) is 18.4. The van der Waals surface area contributed by atoms with E-state index in [1.54, 1.807) is 0 Å². The van der Waals surface area contributed by atoms with Gasteiger partial charge in [0, 0.05) is 36.7 Å². The van der Waals surface area contributed by atoms with Crippen molar-refractivity contribution >= 4 is 21.8 Å². The van der Waals surface area contributed by atoms with E-state index in [1.807, 2.05) is 29.2 Å². The molecule has 2 aromatic carbocycles. The van der Waals surface area contributed by atoms with Gasteiger partial charge in [-0.05, 0) is 45.6 Å². The number of rotatable bonds is 2. The van der Waals surface area contributed by atoms with Gasteiger partial charge in [-0.25, -0.2) is 0 Å². The summed E-state index contributed by atoms with van der Waals surface area (Å²) in [6.45, 7) is 3.78. The van der Waals surface area contributed by atoms with Crippen LogP contribution in [0.5, 0.6) is 0 Å². The second-order valence-electron chi connectivity index (χ2n) is 6.33. The summed E-state index contributed by atoms with van der Waals surface area (Å²) in [5, 5.41) is 0. The first-order valence-corrected chi connectivity index (χ1v) is 8.86. The Kier molecular flexibility index (Phi) is 3.95. The highest BCUT2D eigenvalue weighted by Gasteiger charge is 2.36. The fourth-order valence-electron chi connectivity index (χ4n) is 3.49. The average molecular weight is 371 g/mol. The summed E-state index contributed by atoms with van der Waals surface area (Å²) in [5.74, 6) is 0.131. The van der Waals surface area contributed by atoms with Gasteiger partial charge in [0.15, 0.2) is 0 Å². The topological polar surface area (TPSA) is 23.6 Å². The van der Waals surface area contributed by atoms with Crippen LogP contribution in [0.4, 0.5) is 0 Å². The molecule has 23 heavy (non-hydrogen) atoms. The monoisotopic (exact) mass is 370 g/mol. The van der Waals surface area contributed by atoms with E-state index in [1.165, 1.54) is 11.1 Å². The van der Waals surface area contributed by atoms with Gasteiger partial charge in [0.1, 0.15) is 0 Å². The number of amides is 1. The molecule has 3 nitrogen and oxygen atoms in total. The molecule has 4 rings (SSSR count). The smallest absolute Gasteiger partial charge is 0.255 e. The number of carbonyl (C=O) groups is 1. The maximum atomic E-state index is 12.6. The third-order valence-electron chi connectivity index (χ3n) is 4.93. The molecule has 0 aromatic heterocycles. The Morgan fingerprint density at radius 1 is 1.00 bits per heavy atom. The second-order valence-corrected chi connectivity index (χ2v) is 7.19. The van der Waals surface area contributed by atoms with Gasteiger partial charge in [-0.1, -0.05) is 36.4 Å². The lowest BCUT2D eigenvalue weighted by Gasteiger charge is -2.47. The van der Waals surface area contributed by atoms with Crippen molar-refractivity contribution in [1.29, 1.82) is 0 Å². The van der Waals surface area contributed by atoms with Gasteiger partial charge in [-0.15, -0.1) is 0 Å². The molecule has 0 unspecified atom stereocenters. The third kappa shape index (κ3) is 2.81. The molecule has 2 aromatic rings. The van der Waals surface area contributed by atoms with E-state index in [2.05, 4.69) is 45.1 Å². The van der Waals surface area contributed by atoms with Crippen LogP contribution in [0.15, 0.2) is 53.0 Å². The molecular weight excluding hydrogens is 352 g/mol.